The Morgan fingerprint density at radius 3 is 2.31 bits per heavy atom. The van der Waals surface area contributed by atoms with E-state index in [1.54, 1.807) is 27.1 Å². The fraction of sp³-hybridized carbons (Fsp3) is 0.605. The zero-order valence-electron chi connectivity index (χ0n) is 31.2. The van der Waals surface area contributed by atoms with Crippen LogP contribution < -0.4 is 0 Å². The molecule has 0 radical (unpaired) electrons. The number of ether oxygens (including phenoxy) is 1. The Hall–Kier alpha value is -2.48. The molecule has 3 amide bonds. The van der Waals surface area contributed by atoms with E-state index in [0.717, 1.165) is 77.8 Å². The third-order valence-corrected chi connectivity index (χ3v) is 11.8. The predicted octanol–water partition coefficient (Wildman–Crippen LogP) is 7.40. The van der Waals surface area contributed by atoms with E-state index in [9.17, 15) is 14.4 Å². The largest absolute Gasteiger partial charge is 0.444 e. The van der Waals surface area contributed by atoms with E-state index in [1.165, 1.54) is 21.6 Å². The van der Waals surface area contributed by atoms with Crippen molar-refractivity contribution in [3.63, 3.8) is 0 Å². The standard InChI is InChI=1S/C35H45Br2ClN4O4.C3H6BNO/c1-21(40(5)34(45)46-35(2,3)4)33(44)42-12-8-22(9-13-42)16-29(43)41-14-10-23(11-15-41)31-30-24(18-27(38)19-28(30)37)6-7-25-17-26(36)20-39-32(25)31;1-5-2-4-3-6-4/h17-23,31H,6-16H2,1-5H3;2H,3H2,1H3/t21?,31-;/m1./s1. The molecule has 0 spiro atoms. The second-order valence-corrected chi connectivity index (χ2v) is 17.6. The molecule has 14 heteroatoms. The molecule has 3 fully saturated rings. The normalized spacial score (nSPS) is 19.9. The molecule has 1 aromatic carbocycles. The lowest BCUT2D eigenvalue weighted by molar-refractivity contribution is -0.138. The lowest BCUT2D eigenvalue weighted by Gasteiger charge is -2.38. The van der Waals surface area contributed by atoms with E-state index in [2.05, 4.69) is 49.0 Å². The summed E-state index contributed by atoms with van der Waals surface area (Å²) in [5.41, 5.74) is 4.35. The number of likely N-dealkylation sites (tertiary alicyclic amines) is 2. The minimum Gasteiger partial charge on any atom is -0.444 e. The SMILES string of the molecule is CC(C(=O)N1CCC(CC(=O)N2CCC([C@H]3c4ncc(Br)cc4CCc4cc(Cl)cc(Br)c43)CC2)CC1)N(C)C(=O)OC(C)(C)C.CN=CB1CO1. The summed E-state index contributed by atoms with van der Waals surface area (Å²) < 4.78 is 12.3. The maximum Gasteiger partial charge on any atom is 0.410 e. The van der Waals surface area contributed by atoms with Crippen LogP contribution in [0.4, 0.5) is 4.79 Å². The lowest BCUT2D eigenvalue weighted by atomic mass is 9.76. The van der Waals surface area contributed by atoms with Gasteiger partial charge >= 0.3 is 13.0 Å². The molecule has 0 N–H and O–H groups in total. The number of carbonyl (C=O) groups is 3. The van der Waals surface area contributed by atoms with Crippen molar-refractivity contribution in [3.05, 3.63) is 60.7 Å². The summed E-state index contributed by atoms with van der Waals surface area (Å²) in [6, 6.07) is 5.69. The molecule has 10 nitrogen and oxygen atoms in total. The van der Waals surface area contributed by atoms with Gasteiger partial charge in [0.05, 0.1) is 5.69 Å². The fourth-order valence-electron chi connectivity index (χ4n) is 7.48. The van der Waals surface area contributed by atoms with Gasteiger partial charge in [-0.2, -0.15) is 0 Å². The number of hydrogen-bond donors (Lipinski definition) is 0. The van der Waals surface area contributed by atoms with Gasteiger partial charge in [-0.15, -0.1) is 0 Å². The molecular formula is C38H51BBr2ClN5O5. The number of piperidine rings is 2. The van der Waals surface area contributed by atoms with E-state index in [-0.39, 0.29) is 23.7 Å². The van der Waals surface area contributed by atoms with Crippen molar-refractivity contribution < 1.29 is 23.8 Å². The molecule has 3 saturated heterocycles. The number of aliphatic imine (C=N–C) groups is 1. The molecule has 2 atom stereocenters. The molecule has 0 bridgehead atoms. The minimum absolute atomic E-state index is 0.0855. The van der Waals surface area contributed by atoms with Crippen molar-refractivity contribution in [2.75, 3.05) is 46.8 Å². The zero-order valence-corrected chi connectivity index (χ0v) is 35.1. The molecule has 0 saturated carbocycles. The van der Waals surface area contributed by atoms with Crippen molar-refractivity contribution in [1.82, 2.24) is 19.7 Å². The number of benzene rings is 1. The van der Waals surface area contributed by atoms with Crippen molar-refractivity contribution in [1.29, 1.82) is 0 Å². The Kier molecular flexibility index (Phi) is 13.9. The first kappa shape index (κ1) is 40.7. The first-order valence-electron chi connectivity index (χ1n) is 18.3. The van der Waals surface area contributed by atoms with Gasteiger partial charge in [0.2, 0.25) is 11.8 Å². The number of aromatic nitrogens is 1. The van der Waals surface area contributed by atoms with Gasteiger partial charge in [-0.05, 0) is 135 Å². The molecule has 1 unspecified atom stereocenters. The summed E-state index contributed by atoms with van der Waals surface area (Å²) in [6.45, 7) is 11.0. The smallest absolute Gasteiger partial charge is 0.410 e. The van der Waals surface area contributed by atoms with Gasteiger partial charge in [-0.3, -0.25) is 19.5 Å². The molecule has 4 heterocycles. The van der Waals surface area contributed by atoms with E-state index < -0.39 is 17.7 Å². The molecule has 3 aliphatic heterocycles. The highest BCUT2D eigenvalue weighted by Crippen LogP contribution is 2.46. The number of aryl methyl sites for hydroxylation is 2. The highest BCUT2D eigenvalue weighted by Gasteiger charge is 2.37. The van der Waals surface area contributed by atoms with Crippen LogP contribution in [-0.4, -0.2) is 109 Å². The molecular weight excluding hydrogens is 813 g/mol. The van der Waals surface area contributed by atoms with Gasteiger partial charge < -0.3 is 24.2 Å². The molecule has 1 aromatic heterocycles. The monoisotopic (exact) mass is 861 g/mol. The second-order valence-electron chi connectivity index (χ2n) is 15.4. The van der Waals surface area contributed by atoms with Crippen LogP contribution in [0.25, 0.3) is 0 Å². The van der Waals surface area contributed by atoms with Crippen LogP contribution in [0.1, 0.15) is 88.1 Å². The number of amides is 3. The minimum atomic E-state index is -0.624. The maximum atomic E-state index is 13.5. The fourth-order valence-corrected chi connectivity index (χ4v) is 8.97. The average molecular weight is 864 g/mol. The highest BCUT2D eigenvalue weighted by molar-refractivity contribution is 9.10. The summed E-state index contributed by atoms with van der Waals surface area (Å²) in [4.78, 5) is 53.0. The Morgan fingerprint density at radius 1 is 1.08 bits per heavy atom. The number of carbonyl (C=O) groups excluding carboxylic acids is 3. The van der Waals surface area contributed by atoms with Crippen molar-refractivity contribution in [2.45, 2.75) is 90.2 Å². The second kappa shape index (κ2) is 17.8. The van der Waals surface area contributed by atoms with Crippen LogP contribution in [0.5, 0.6) is 0 Å². The van der Waals surface area contributed by atoms with Crippen LogP contribution in [-0.2, 0) is 31.8 Å². The third-order valence-electron chi connectivity index (χ3n) is 10.5. The Morgan fingerprint density at radius 2 is 1.71 bits per heavy atom. The summed E-state index contributed by atoms with van der Waals surface area (Å²) >= 11 is 13.9. The van der Waals surface area contributed by atoms with E-state index in [4.69, 9.17) is 26.0 Å². The van der Waals surface area contributed by atoms with Crippen LogP contribution in [0.2, 0.25) is 5.02 Å². The summed E-state index contributed by atoms with van der Waals surface area (Å²) in [7, 11) is 3.35. The molecule has 1 aliphatic carbocycles. The van der Waals surface area contributed by atoms with Crippen LogP contribution in [0, 0.1) is 11.8 Å². The van der Waals surface area contributed by atoms with Gasteiger partial charge in [-0.1, -0.05) is 27.5 Å². The lowest BCUT2D eigenvalue weighted by Crippen LogP contribution is -2.51. The average Bonchev–Trinajstić information content (AvgIpc) is 3.94. The topological polar surface area (TPSA) is 108 Å². The number of halogens is 3. The van der Waals surface area contributed by atoms with Gasteiger partial charge in [0, 0.05) is 79.3 Å². The van der Waals surface area contributed by atoms with Gasteiger partial charge in [-0.25, -0.2) is 4.79 Å². The summed E-state index contributed by atoms with van der Waals surface area (Å²) in [6.07, 6.45) is 8.93. The zero-order chi connectivity index (χ0) is 37.7. The van der Waals surface area contributed by atoms with Crippen molar-refractivity contribution in [3.8, 4) is 0 Å². The Balaban J connectivity index is 0.000000790. The summed E-state index contributed by atoms with van der Waals surface area (Å²) in [5.74, 6) is 0.872. The number of hydrogen-bond acceptors (Lipinski definition) is 7. The molecule has 2 aromatic rings. The highest BCUT2D eigenvalue weighted by atomic mass is 79.9. The number of rotatable bonds is 6. The van der Waals surface area contributed by atoms with Crippen LogP contribution in [0.15, 0.2) is 38.3 Å². The van der Waals surface area contributed by atoms with Gasteiger partial charge in [0.15, 0.2) is 0 Å². The Labute approximate surface area is 330 Å². The van der Waals surface area contributed by atoms with E-state index >= 15 is 0 Å². The number of pyridine rings is 1. The quantitative estimate of drug-likeness (QED) is 0.170. The third kappa shape index (κ3) is 10.6. The maximum absolute atomic E-state index is 13.5. The number of likely N-dealkylation sites (N-methyl/N-ethyl adjacent to an activating group) is 1. The first-order chi connectivity index (χ1) is 24.6. The molecule has 6 rings (SSSR count). The van der Waals surface area contributed by atoms with Crippen molar-refractivity contribution in [2.24, 2.45) is 16.8 Å². The molecule has 4 aliphatic rings. The number of nitrogens with zero attached hydrogens (tertiary/aromatic N) is 5. The van der Waals surface area contributed by atoms with E-state index in [0.29, 0.717) is 32.3 Å². The number of fused-ring (bicyclic) bond motifs is 2. The van der Waals surface area contributed by atoms with Crippen molar-refractivity contribution >= 4 is 74.4 Å². The summed E-state index contributed by atoms with van der Waals surface area (Å²) in [5, 5.41) is 0.739. The Bertz CT molecular complexity index is 1640. The van der Waals surface area contributed by atoms with Gasteiger partial charge in [0.1, 0.15) is 11.6 Å². The first-order valence-corrected chi connectivity index (χ1v) is 20.3. The van der Waals surface area contributed by atoms with Crippen LogP contribution in [0.3, 0.4) is 0 Å². The predicted molar refractivity (Wildman–Crippen MR) is 213 cm³/mol. The van der Waals surface area contributed by atoms with Crippen LogP contribution >= 0.6 is 43.5 Å². The molecule has 52 heavy (non-hydrogen) atoms. The van der Waals surface area contributed by atoms with Gasteiger partial charge in [0.25, 0.3) is 0 Å². The molecule has 282 valence electrons. The van der Waals surface area contributed by atoms with E-state index in [1.807, 2.05) is 42.8 Å².